The molecule has 0 saturated carbocycles. The fourth-order valence-corrected chi connectivity index (χ4v) is 6.60. The molecular weight excluding hydrogens is 617 g/mol. The van der Waals surface area contributed by atoms with Gasteiger partial charge in [0.25, 0.3) is 0 Å². The molecule has 0 radical (unpaired) electrons. The number of carbonyl (C=O) groups is 2. The number of nitrogen functional groups attached to an aromatic ring is 1. The van der Waals surface area contributed by atoms with E-state index in [1.807, 2.05) is 36.4 Å². The number of ether oxygens (including phenoxy) is 3. The number of rotatable bonds is 14. The summed E-state index contributed by atoms with van der Waals surface area (Å²) in [6.07, 6.45) is 0.242. The van der Waals surface area contributed by atoms with Crippen molar-refractivity contribution < 1.29 is 38.0 Å². The van der Waals surface area contributed by atoms with Crippen molar-refractivity contribution in [3.63, 3.8) is 0 Å². The van der Waals surface area contributed by atoms with Crippen molar-refractivity contribution in [1.29, 1.82) is 0 Å². The molecule has 0 amide bonds. The highest BCUT2D eigenvalue weighted by Crippen LogP contribution is 2.41. The van der Waals surface area contributed by atoms with Crippen molar-refractivity contribution in [3.05, 3.63) is 84.4 Å². The maximum absolute atomic E-state index is 14.1. The summed E-state index contributed by atoms with van der Waals surface area (Å²) in [4.78, 5) is 38.0. The van der Waals surface area contributed by atoms with E-state index in [4.69, 9.17) is 24.5 Å². The number of nitrogens with zero attached hydrogens (tertiary/aromatic N) is 4. The summed E-state index contributed by atoms with van der Waals surface area (Å²) in [5, 5.41) is 16.1. The van der Waals surface area contributed by atoms with E-state index in [0.717, 1.165) is 11.1 Å². The zero-order valence-electron chi connectivity index (χ0n) is 25.3. The zero-order valence-corrected chi connectivity index (χ0v) is 26.2. The van der Waals surface area contributed by atoms with Crippen LogP contribution in [0.3, 0.4) is 0 Å². The van der Waals surface area contributed by atoms with E-state index < -0.39 is 50.1 Å². The van der Waals surface area contributed by atoms with Crippen molar-refractivity contribution in [2.24, 2.45) is 0 Å². The number of benzene rings is 2. The number of hydrogen-bond acceptors (Lipinski definition) is 12. The lowest BCUT2D eigenvalue weighted by Crippen LogP contribution is -2.42. The third-order valence-electron chi connectivity index (χ3n) is 7.15. The fourth-order valence-electron chi connectivity index (χ4n) is 4.77. The summed E-state index contributed by atoms with van der Waals surface area (Å²) < 4.78 is 38.3. The summed E-state index contributed by atoms with van der Waals surface area (Å²) in [6.45, 7) is 2.69. The van der Waals surface area contributed by atoms with Gasteiger partial charge in [-0.2, -0.15) is 0 Å². The molecule has 1 aliphatic rings. The SMILES string of the molecule is C[C@H](NP(=O)(N[C@@H](C)C(=O)OCc1ccccc1)OC[C@@H]1C[C@H](O)C(n2cnc3c(N)ncnc32)O1)C(=O)OCc1ccccc1. The number of aliphatic hydroxyl groups excluding tert-OH is 1. The van der Waals surface area contributed by atoms with Gasteiger partial charge >= 0.3 is 19.6 Å². The highest BCUT2D eigenvalue weighted by molar-refractivity contribution is 7.54. The second kappa shape index (κ2) is 14.9. The van der Waals surface area contributed by atoms with Gasteiger partial charge in [0, 0.05) is 6.42 Å². The molecule has 0 bridgehead atoms. The second-order valence-electron chi connectivity index (χ2n) is 10.8. The summed E-state index contributed by atoms with van der Waals surface area (Å²) in [5.74, 6) is -1.19. The first-order valence-electron chi connectivity index (χ1n) is 14.6. The molecule has 5 rings (SSSR count). The summed E-state index contributed by atoms with van der Waals surface area (Å²) in [6, 6.07) is 16.0. The van der Waals surface area contributed by atoms with Crippen LogP contribution in [0.1, 0.15) is 37.6 Å². The highest BCUT2D eigenvalue weighted by atomic mass is 31.2. The number of nitrogens with two attached hydrogens (primary N) is 1. The van der Waals surface area contributed by atoms with Crippen molar-refractivity contribution in [3.8, 4) is 0 Å². The molecule has 244 valence electrons. The maximum Gasteiger partial charge on any atom is 0.342 e. The van der Waals surface area contributed by atoms with Gasteiger partial charge in [-0.15, -0.1) is 0 Å². The minimum absolute atomic E-state index is 0.0151. The van der Waals surface area contributed by atoms with Crippen molar-refractivity contribution in [1.82, 2.24) is 29.7 Å². The van der Waals surface area contributed by atoms with E-state index >= 15 is 0 Å². The standard InChI is InChI=1S/C30H36N7O8P/c1-19(29(39)42-14-21-9-5-3-6-10-21)35-46(41,36-20(2)30(40)43-15-22-11-7-4-8-12-22)44-16-23-13-24(38)28(45-23)37-18-34-25-26(31)32-17-33-27(25)37/h3-12,17-20,23-24,28,38H,13-16H2,1-2H3,(H2,31,32,33)(H2,35,36,41)/t19-,20-,23-,24-,28?/m0/s1. The third kappa shape index (κ3) is 8.31. The van der Waals surface area contributed by atoms with Gasteiger partial charge in [0.2, 0.25) is 0 Å². The molecule has 2 aromatic carbocycles. The Morgan fingerprint density at radius 1 is 0.978 bits per heavy atom. The molecule has 46 heavy (non-hydrogen) atoms. The van der Waals surface area contributed by atoms with E-state index in [9.17, 15) is 19.3 Å². The predicted octanol–water partition coefficient (Wildman–Crippen LogP) is 2.62. The normalized spacial score (nSPS) is 19.5. The lowest BCUT2D eigenvalue weighted by Gasteiger charge is -2.27. The number of hydrogen-bond donors (Lipinski definition) is 4. The Bertz CT molecular complexity index is 1610. The number of aromatic nitrogens is 4. The number of fused-ring (bicyclic) bond motifs is 1. The van der Waals surface area contributed by atoms with E-state index in [1.54, 1.807) is 24.3 Å². The number of esters is 2. The average molecular weight is 654 g/mol. The van der Waals surface area contributed by atoms with Gasteiger partial charge in [-0.25, -0.2) is 25.1 Å². The zero-order chi connectivity index (χ0) is 32.7. The lowest BCUT2D eigenvalue weighted by molar-refractivity contribution is -0.147. The van der Waals surface area contributed by atoms with Crippen LogP contribution in [0.25, 0.3) is 11.2 Å². The Balaban J connectivity index is 1.24. The minimum atomic E-state index is -4.15. The molecule has 16 heteroatoms. The molecular formula is C30H36N7O8P. The first kappa shape index (κ1) is 33.1. The van der Waals surface area contributed by atoms with Gasteiger partial charge in [0.05, 0.1) is 19.0 Å². The maximum atomic E-state index is 14.1. The van der Waals surface area contributed by atoms with E-state index in [-0.39, 0.29) is 32.1 Å². The molecule has 5 atom stereocenters. The van der Waals surface area contributed by atoms with Crippen molar-refractivity contribution in [2.45, 2.75) is 64.0 Å². The molecule has 1 aliphatic heterocycles. The monoisotopic (exact) mass is 653 g/mol. The molecule has 1 saturated heterocycles. The second-order valence-corrected chi connectivity index (χ2v) is 12.6. The molecule has 2 aromatic heterocycles. The van der Waals surface area contributed by atoms with E-state index in [1.165, 1.54) is 31.1 Å². The lowest BCUT2D eigenvalue weighted by atomic mass is 10.2. The smallest absolute Gasteiger partial charge is 0.342 e. The molecule has 1 unspecified atom stereocenters. The van der Waals surface area contributed by atoms with E-state index in [0.29, 0.717) is 11.2 Å². The number of aliphatic hydroxyl groups is 1. The van der Waals surface area contributed by atoms with Crippen LogP contribution in [-0.4, -0.2) is 67.5 Å². The number of anilines is 1. The van der Waals surface area contributed by atoms with Crippen LogP contribution in [0, 0.1) is 0 Å². The summed E-state index contributed by atoms with van der Waals surface area (Å²) >= 11 is 0. The minimum Gasteiger partial charge on any atom is -0.460 e. The van der Waals surface area contributed by atoms with Crippen molar-refractivity contribution >= 4 is 36.6 Å². The number of imidazole rings is 1. The Morgan fingerprint density at radius 3 is 2.11 bits per heavy atom. The molecule has 0 aliphatic carbocycles. The fraction of sp³-hybridized carbons (Fsp3) is 0.367. The Morgan fingerprint density at radius 2 is 1.54 bits per heavy atom. The first-order valence-corrected chi connectivity index (χ1v) is 16.2. The molecule has 15 nitrogen and oxygen atoms in total. The van der Waals surface area contributed by atoms with E-state index in [2.05, 4.69) is 25.1 Å². The van der Waals surface area contributed by atoms with Crippen LogP contribution in [-0.2, 0) is 46.1 Å². The summed E-state index contributed by atoms with van der Waals surface area (Å²) in [5.41, 5.74) is 8.17. The van der Waals surface area contributed by atoms with Crippen LogP contribution >= 0.6 is 7.67 Å². The van der Waals surface area contributed by atoms with Gasteiger partial charge in [-0.05, 0) is 25.0 Å². The molecule has 0 spiro atoms. The Labute approximate surface area is 265 Å². The predicted molar refractivity (Wildman–Crippen MR) is 165 cm³/mol. The number of carbonyl (C=O) groups excluding carboxylic acids is 2. The molecule has 3 heterocycles. The van der Waals surface area contributed by atoms with Crippen LogP contribution in [0.4, 0.5) is 5.82 Å². The number of nitrogens with one attached hydrogen (secondary N) is 2. The highest BCUT2D eigenvalue weighted by Gasteiger charge is 2.39. The quantitative estimate of drug-likeness (QED) is 0.114. The average Bonchev–Trinajstić information content (AvgIpc) is 3.66. The molecule has 1 fully saturated rings. The van der Waals surface area contributed by atoms with Crippen LogP contribution in [0.5, 0.6) is 0 Å². The van der Waals surface area contributed by atoms with Crippen LogP contribution in [0.15, 0.2) is 73.3 Å². The Hall–Kier alpha value is -4.24. The summed E-state index contributed by atoms with van der Waals surface area (Å²) in [7, 11) is -4.15. The third-order valence-corrected chi connectivity index (χ3v) is 9.12. The van der Waals surface area contributed by atoms with Gasteiger partial charge < -0.3 is 29.6 Å². The Kier molecular flexibility index (Phi) is 10.7. The molecule has 5 N–H and O–H groups in total. The van der Waals surface area contributed by atoms with Gasteiger partial charge in [-0.1, -0.05) is 60.7 Å². The van der Waals surface area contributed by atoms with Gasteiger partial charge in [0.15, 0.2) is 17.7 Å². The largest absolute Gasteiger partial charge is 0.460 e. The molecule has 4 aromatic rings. The van der Waals surface area contributed by atoms with Gasteiger partial charge in [0.1, 0.15) is 43.2 Å². The topological polar surface area (TPSA) is 202 Å². The van der Waals surface area contributed by atoms with Crippen LogP contribution < -0.4 is 15.9 Å². The van der Waals surface area contributed by atoms with Crippen LogP contribution in [0.2, 0.25) is 0 Å². The van der Waals surface area contributed by atoms with Gasteiger partial charge in [-0.3, -0.25) is 18.7 Å². The van der Waals surface area contributed by atoms with Crippen molar-refractivity contribution in [2.75, 3.05) is 12.3 Å². The first-order chi connectivity index (χ1) is 22.1.